The Labute approximate surface area is 139 Å². The minimum Gasteiger partial charge on any atom is -0.378 e. The molecule has 2 N–H and O–H groups in total. The highest BCUT2D eigenvalue weighted by molar-refractivity contribution is 7.10. The average molecular weight is 334 g/mol. The Hall–Kier alpha value is -2.15. The molecule has 7 heteroatoms. The molecule has 0 bridgehead atoms. The largest absolute Gasteiger partial charge is 0.378 e. The maximum atomic E-state index is 12.2. The predicted molar refractivity (Wildman–Crippen MR) is 93.4 cm³/mol. The van der Waals surface area contributed by atoms with Gasteiger partial charge in [0.2, 0.25) is 0 Å². The highest BCUT2D eigenvalue weighted by Crippen LogP contribution is 2.23. The number of carbonyl (C=O) groups excluding carboxylic acids is 1. The van der Waals surface area contributed by atoms with Crippen LogP contribution in [0.15, 0.2) is 23.0 Å². The molecule has 23 heavy (non-hydrogen) atoms. The van der Waals surface area contributed by atoms with Gasteiger partial charge in [-0.1, -0.05) is 6.07 Å². The van der Waals surface area contributed by atoms with Crippen LogP contribution in [0.2, 0.25) is 0 Å². The first-order chi connectivity index (χ1) is 11.0. The monoisotopic (exact) mass is 334 g/mol. The number of anilines is 1. The van der Waals surface area contributed by atoms with Crippen LogP contribution in [0.3, 0.4) is 0 Å². The Morgan fingerprint density at radius 1 is 1.30 bits per heavy atom. The third kappa shape index (κ3) is 4.19. The summed E-state index contributed by atoms with van der Waals surface area (Å²) < 4.78 is 5.95. The van der Waals surface area contributed by atoms with E-state index in [1.54, 1.807) is 23.7 Å². The van der Waals surface area contributed by atoms with Crippen molar-refractivity contribution >= 4 is 22.4 Å². The van der Waals surface area contributed by atoms with E-state index in [1.807, 2.05) is 19.9 Å². The van der Waals surface area contributed by atoms with Crippen molar-refractivity contribution in [1.29, 1.82) is 0 Å². The van der Waals surface area contributed by atoms with Crippen molar-refractivity contribution in [2.45, 2.75) is 33.2 Å². The summed E-state index contributed by atoms with van der Waals surface area (Å²) in [5, 5.41) is 6.69. The van der Waals surface area contributed by atoms with Gasteiger partial charge in [0.05, 0.1) is 11.3 Å². The fourth-order valence-corrected chi connectivity index (χ4v) is 3.15. The molecule has 2 rings (SSSR count). The van der Waals surface area contributed by atoms with E-state index >= 15 is 0 Å². The van der Waals surface area contributed by atoms with Crippen molar-refractivity contribution in [2.75, 3.05) is 18.9 Å². The van der Waals surface area contributed by atoms with Crippen molar-refractivity contribution in [2.24, 2.45) is 0 Å². The molecule has 0 radical (unpaired) electrons. The van der Waals surface area contributed by atoms with Gasteiger partial charge >= 0.3 is 0 Å². The molecular formula is C16H22N4O2S. The SMILES string of the molecule is CNc1snc(C)c1C(=O)NCCCCn1c(C)cccc1=O. The van der Waals surface area contributed by atoms with E-state index in [0.29, 0.717) is 18.7 Å². The van der Waals surface area contributed by atoms with E-state index < -0.39 is 0 Å². The number of unbranched alkanes of at least 4 members (excludes halogenated alkanes) is 1. The Kier molecular flexibility index (Phi) is 5.92. The molecule has 2 heterocycles. The van der Waals surface area contributed by atoms with Crippen molar-refractivity contribution in [3.63, 3.8) is 0 Å². The van der Waals surface area contributed by atoms with Crippen molar-refractivity contribution in [3.8, 4) is 0 Å². The molecule has 0 fully saturated rings. The fraction of sp³-hybridized carbons (Fsp3) is 0.438. The van der Waals surface area contributed by atoms with Crippen LogP contribution in [0.4, 0.5) is 5.00 Å². The van der Waals surface area contributed by atoms with Gasteiger partial charge in [-0.25, -0.2) is 0 Å². The number of rotatable bonds is 7. The molecule has 0 atom stereocenters. The van der Waals surface area contributed by atoms with Gasteiger partial charge in [-0.05, 0) is 44.3 Å². The van der Waals surface area contributed by atoms with E-state index in [4.69, 9.17) is 0 Å². The van der Waals surface area contributed by atoms with Crippen molar-refractivity contribution in [3.05, 3.63) is 45.5 Å². The van der Waals surface area contributed by atoms with Gasteiger partial charge in [-0.3, -0.25) is 9.59 Å². The van der Waals surface area contributed by atoms with Gasteiger partial charge in [0.1, 0.15) is 5.00 Å². The van der Waals surface area contributed by atoms with Crippen LogP contribution in [0, 0.1) is 13.8 Å². The molecule has 2 aromatic heterocycles. The molecule has 0 saturated heterocycles. The summed E-state index contributed by atoms with van der Waals surface area (Å²) in [6, 6.07) is 5.26. The summed E-state index contributed by atoms with van der Waals surface area (Å²) in [4.78, 5) is 24.0. The third-order valence-electron chi connectivity index (χ3n) is 3.68. The van der Waals surface area contributed by atoms with E-state index in [0.717, 1.165) is 29.2 Å². The lowest BCUT2D eigenvalue weighted by atomic mass is 10.2. The normalized spacial score (nSPS) is 10.6. The van der Waals surface area contributed by atoms with Crippen LogP contribution >= 0.6 is 11.5 Å². The Morgan fingerprint density at radius 2 is 2.09 bits per heavy atom. The van der Waals surface area contributed by atoms with Crippen LogP contribution in [0.25, 0.3) is 0 Å². The molecule has 0 aliphatic heterocycles. The molecule has 0 unspecified atom stereocenters. The van der Waals surface area contributed by atoms with Crippen LogP contribution in [0.5, 0.6) is 0 Å². The maximum absolute atomic E-state index is 12.2. The molecule has 0 spiro atoms. The summed E-state index contributed by atoms with van der Waals surface area (Å²) in [5.41, 5.74) is 2.34. The number of amides is 1. The van der Waals surface area contributed by atoms with Gasteiger partial charge < -0.3 is 15.2 Å². The fourth-order valence-electron chi connectivity index (χ4n) is 2.40. The highest BCUT2D eigenvalue weighted by atomic mass is 32.1. The smallest absolute Gasteiger partial charge is 0.256 e. The number of nitrogens with zero attached hydrogens (tertiary/aromatic N) is 2. The molecule has 0 saturated carbocycles. The number of aromatic nitrogens is 2. The molecule has 2 aromatic rings. The summed E-state index contributed by atoms with van der Waals surface area (Å²) in [6.45, 7) is 5.01. The average Bonchev–Trinajstić information content (AvgIpc) is 2.90. The van der Waals surface area contributed by atoms with Crippen LogP contribution in [0.1, 0.15) is 34.6 Å². The molecule has 0 aliphatic rings. The summed E-state index contributed by atoms with van der Waals surface area (Å²) in [7, 11) is 1.78. The van der Waals surface area contributed by atoms with Gasteiger partial charge in [-0.2, -0.15) is 4.37 Å². The van der Waals surface area contributed by atoms with Gasteiger partial charge in [-0.15, -0.1) is 0 Å². The number of hydrogen-bond acceptors (Lipinski definition) is 5. The Bertz CT molecular complexity index is 736. The van der Waals surface area contributed by atoms with E-state index in [-0.39, 0.29) is 11.5 Å². The Morgan fingerprint density at radius 3 is 2.78 bits per heavy atom. The van der Waals surface area contributed by atoms with E-state index in [2.05, 4.69) is 15.0 Å². The van der Waals surface area contributed by atoms with Gasteiger partial charge in [0.15, 0.2) is 0 Å². The first kappa shape index (κ1) is 17.2. The number of hydrogen-bond donors (Lipinski definition) is 2. The molecule has 6 nitrogen and oxygen atoms in total. The van der Waals surface area contributed by atoms with E-state index in [1.165, 1.54) is 11.5 Å². The topological polar surface area (TPSA) is 76.0 Å². The zero-order chi connectivity index (χ0) is 16.8. The molecule has 1 amide bonds. The highest BCUT2D eigenvalue weighted by Gasteiger charge is 2.16. The second-order valence-electron chi connectivity index (χ2n) is 5.34. The number of aryl methyl sites for hydroxylation is 2. The van der Waals surface area contributed by atoms with Crippen LogP contribution in [-0.4, -0.2) is 28.4 Å². The lowest BCUT2D eigenvalue weighted by molar-refractivity contribution is 0.0953. The summed E-state index contributed by atoms with van der Waals surface area (Å²) in [5.74, 6) is -0.103. The molecular weight excluding hydrogens is 312 g/mol. The van der Waals surface area contributed by atoms with E-state index in [9.17, 15) is 9.59 Å². The van der Waals surface area contributed by atoms with Crippen molar-refractivity contribution in [1.82, 2.24) is 14.3 Å². The molecule has 0 aromatic carbocycles. The zero-order valence-electron chi connectivity index (χ0n) is 13.7. The minimum atomic E-state index is -0.103. The molecule has 124 valence electrons. The van der Waals surface area contributed by atoms with Crippen molar-refractivity contribution < 1.29 is 4.79 Å². The second kappa shape index (κ2) is 7.92. The van der Waals surface area contributed by atoms with Crippen LogP contribution in [-0.2, 0) is 6.54 Å². The summed E-state index contributed by atoms with van der Waals surface area (Å²) >= 11 is 1.29. The number of carbonyl (C=O) groups is 1. The zero-order valence-corrected chi connectivity index (χ0v) is 14.5. The quantitative estimate of drug-likeness (QED) is 0.761. The molecule has 0 aliphatic carbocycles. The standard InChI is InChI=1S/C16H22N4O2S/c1-11-7-6-8-13(21)20(11)10-5-4-9-18-15(22)14-12(2)19-23-16(14)17-3/h6-8,17H,4-5,9-10H2,1-3H3,(H,18,22). The van der Waals surface area contributed by atoms with Gasteiger partial charge in [0.25, 0.3) is 11.5 Å². The third-order valence-corrected chi connectivity index (χ3v) is 4.63. The Balaban J connectivity index is 1.81. The first-order valence-corrected chi connectivity index (χ1v) is 8.40. The number of nitrogens with one attached hydrogen (secondary N) is 2. The lowest BCUT2D eigenvalue weighted by Crippen LogP contribution is -2.26. The van der Waals surface area contributed by atoms with Gasteiger partial charge in [0, 0.05) is 31.9 Å². The predicted octanol–water partition coefficient (Wildman–Crippen LogP) is 2.17. The number of pyridine rings is 1. The maximum Gasteiger partial charge on any atom is 0.256 e. The second-order valence-corrected chi connectivity index (χ2v) is 6.12. The van der Waals surface area contributed by atoms with Crippen LogP contribution < -0.4 is 16.2 Å². The minimum absolute atomic E-state index is 0.0210. The summed E-state index contributed by atoms with van der Waals surface area (Å²) in [6.07, 6.45) is 1.66. The first-order valence-electron chi connectivity index (χ1n) is 7.63. The lowest BCUT2D eigenvalue weighted by Gasteiger charge is -2.10.